The molecule has 1 aliphatic rings. The number of anilines is 2. The van der Waals surface area contributed by atoms with Crippen LogP contribution in [0.1, 0.15) is 47.3 Å². The number of tetrazole rings is 1. The van der Waals surface area contributed by atoms with Gasteiger partial charge in [-0.15, -0.1) is 22.6 Å². The minimum absolute atomic E-state index is 0. The van der Waals surface area contributed by atoms with E-state index in [4.69, 9.17) is 11.5 Å². The van der Waals surface area contributed by atoms with Crippen molar-refractivity contribution in [1.82, 2.24) is 35.4 Å². The summed E-state index contributed by atoms with van der Waals surface area (Å²) in [6.45, 7) is 2.52. The van der Waals surface area contributed by atoms with Crippen molar-refractivity contribution in [2.45, 2.75) is 45.1 Å². The first-order valence-electron chi connectivity index (χ1n) is 16.2. The van der Waals surface area contributed by atoms with E-state index in [2.05, 4.69) is 36.0 Å². The fraction of sp³-hybridized carbons (Fsp3) is 0.314. The van der Waals surface area contributed by atoms with Crippen LogP contribution in [0.25, 0.3) is 22.5 Å². The summed E-state index contributed by atoms with van der Waals surface area (Å²) < 4.78 is 1.60. The summed E-state index contributed by atoms with van der Waals surface area (Å²) >= 11 is 0. The van der Waals surface area contributed by atoms with E-state index in [-0.39, 0.29) is 42.3 Å². The first kappa shape index (κ1) is 35.8. The number of halogens is 1. The molecule has 1 atom stereocenters. The Morgan fingerprint density at radius 1 is 1.02 bits per heavy atom. The molecule has 1 saturated carbocycles. The topological polar surface area (TPSA) is 204 Å². The molecule has 0 unspecified atom stereocenters. The second-order valence-electron chi connectivity index (χ2n) is 12.5. The van der Waals surface area contributed by atoms with Gasteiger partial charge in [-0.1, -0.05) is 24.3 Å². The highest BCUT2D eigenvalue weighted by Gasteiger charge is 2.36. The van der Waals surface area contributed by atoms with E-state index in [0.717, 1.165) is 35.1 Å². The standard InChI is InChI=1S/C35H39N11O3.ClH/c1-21-17-29(34(48)39-31-15-16-45(2)42-31)38-20-28(21)24-7-3-22(4-8-24)18-30(32(37)47)46(35(49)26-9-5-23(19-36)6-10-26)27-13-11-25(12-14-27)33-40-43-44-41-33;/h3-4,7-8,11-17,20,23,26,30H,5-6,9-10,18-19,36H2,1-2H3,(H2,37,47)(H,39,42,48)(H,40,41,43,44);1H/t23?,26?,30-;/m0./s1. The highest BCUT2D eigenvalue weighted by atomic mass is 35.5. The molecule has 15 heteroatoms. The number of carbonyl (C=O) groups excluding carboxylic acids is 3. The van der Waals surface area contributed by atoms with Crippen molar-refractivity contribution in [2.75, 3.05) is 16.8 Å². The van der Waals surface area contributed by atoms with Gasteiger partial charge in [0.2, 0.25) is 17.6 Å². The lowest BCUT2D eigenvalue weighted by Crippen LogP contribution is -2.52. The van der Waals surface area contributed by atoms with Gasteiger partial charge in [-0.25, -0.2) is 0 Å². The summed E-state index contributed by atoms with van der Waals surface area (Å²) in [5.41, 5.74) is 17.0. The fourth-order valence-electron chi connectivity index (χ4n) is 6.37. The molecule has 5 aromatic rings. The first-order chi connectivity index (χ1) is 23.7. The molecule has 6 rings (SSSR count). The summed E-state index contributed by atoms with van der Waals surface area (Å²) in [5, 5.41) is 21.0. The number of amides is 3. The number of nitrogens with zero attached hydrogens (tertiary/aromatic N) is 7. The molecular weight excluding hydrogens is 658 g/mol. The average molecular weight is 698 g/mol. The van der Waals surface area contributed by atoms with E-state index < -0.39 is 11.9 Å². The number of primary amides is 1. The van der Waals surface area contributed by atoms with Crippen molar-refractivity contribution < 1.29 is 14.4 Å². The van der Waals surface area contributed by atoms with Crippen LogP contribution < -0.4 is 21.7 Å². The van der Waals surface area contributed by atoms with E-state index in [9.17, 15) is 14.4 Å². The Labute approximate surface area is 295 Å². The molecule has 6 N–H and O–H groups in total. The second kappa shape index (κ2) is 15.8. The SMILES string of the molecule is Cc1cc(C(=O)Nc2ccn(C)n2)ncc1-c1ccc(C[C@@H](C(N)=O)N(C(=O)C2CCC(CN)CC2)c2ccc(-c3nn[nH]n3)cc2)cc1.Cl. The minimum Gasteiger partial charge on any atom is -0.368 e. The van der Waals surface area contributed by atoms with E-state index >= 15 is 0 Å². The molecule has 50 heavy (non-hydrogen) atoms. The molecule has 3 aromatic heterocycles. The molecule has 260 valence electrons. The smallest absolute Gasteiger partial charge is 0.275 e. The van der Waals surface area contributed by atoms with Crippen LogP contribution in [-0.2, 0) is 23.1 Å². The van der Waals surface area contributed by atoms with Gasteiger partial charge in [0.25, 0.3) is 5.91 Å². The maximum Gasteiger partial charge on any atom is 0.275 e. The second-order valence-corrected chi connectivity index (χ2v) is 12.5. The summed E-state index contributed by atoms with van der Waals surface area (Å²) in [6.07, 6.45) is 6.77. The fourth-order valence-corrected chi connectivity index (χ4v) is 6.37. The van der Waals surface area contributed by atoms with Gasteiger partial charge < -0.3 is 16.8 Å². The summed E-state index contributed by atoms with van der Waals surface area (Å²) in [6, 6.07) is 17.4. The number of aromatic nitrogens is 7. The van der Waals surface area contributed by atoms with Crippen LogP contribution in [0.15, 0.2) is 73.1 Å². The van der Waals surface area contributed by atoms with Gasteiger partial charge in [-0.3, -0.25) is 28.9 Å². The number of aryl methyl sites for hydroxylation is 2. The predicted molar refractivity (Wildman–Crippen MR) is 191 cm³/mol. The molecular formula is C35H40ClN11O3. The molecule has 0 bridgehead atoms. The molecule has 0 aliphatic heterocycles. The Balaban J connectivity index is 0.00000486. The van der Waals surface area contributed by atoms with Crippen LogP contribution in [0.4, 0.5) is 11.5 Å². The summed E-state index contributed by atoms with van der Waals surface area (Å²) in [7, 11) is 1.77. The molecule has 1 aliphatic carbocycles. The van der Waals surface area contributed by atoms with E-state index in [0.29, 0.717) is 48.2 Å². The van der Waals surface area contributed by atoms with Crippen LogP contribution in [0.5, 0.6) is 0 Å². The minimum atomic E-state index is -0.929. The Bertz CT molecular complexity index is 1920. The molecule has 0 saturated heterocycles. The van der Waals surface area contributed by atoms with Crippen molar-refractivity contribution in [3.8, 4) is 22.5 Å². The highest BCUT2D eigenvalue weighted by molar-refractivity contribution is 6.03. The van der Waals surface area contributed by atoms with Crippen LogP contribution in [-0.4, -0.2) is 65.7 Å². The largest absolute Gasteiger partial charge is 0.368 e. The van der Waals surface area contributed by atoms with Crippen molar-refractivity contribution in [3.05, 3.63) is 89.9 Å². The number of hydrogen-bond donors (Lipinski definition) is 4. The lowest BCUT2D eigenvalue weighted by Gasteiger charge is -2.35. The van der Waals surface area contributed by atoms with Crippen LogP contribution in [0.2, 0.25) is 0 Å². The predicted octanol–water partition coefficient (Wildman–Crippen LogP) is 3.84. The molecule has 3 amide bonds. The third-order valence-corrected chi connectivity index (χ3v) is 9.15. The Kier molecular flexibility index (Phi) is 11.3. The zero-order valence-electron chi connectivity index (χ0n) is 27.8. The Morgan fingerprint density at radius 2 is 1.72 bits per heavy atom. The zero-order chi connectivity index (χ0) is 34.5. The summed E-state index contributed by atoms with van der Waals surface area (Å²) in [4.78, 5) is 46.0. The number of H-pyrrole nitrogens is 1. The number of carbonyl (C=O) groups is 3. The van der Waals surface area contributed by atoms with E-state index in [1.54, 1.807) is 65.4 Å². The Morgan fingerprint density at radius 3 is 2.30 bits per heavy atom. The highest BCUT2D eigenvalue weighted by Crippen LogP contribution is 2.33. The van der Waals surface area contributed by atoms with Gasteiger partial charge in [0.15, 0.2) is 5.82 Å². The number of nitrogens with one attached hydrogen (secondary N) is 2. The quantitative estimate of drug-likeness (QED) is 0.158. The van der Waals surface area contributed by atoms with Crippen molar-refractivity contribution in [1.29, 1.82) is 0 Å². The lowest BCUT2D eigenvalue weighted by atomic mass is 9.81. The van der Waals surface area contributed by atoms with Crippen LogP contribution in [0.3, 0.4) is 0 Å². The molecule has 0 radical (unpaired) electrons. The number of pyridine rings is 1. The van der Waals surface area contributed by atoms with Gasteiger partial charge in [-0.2, -0.15) is 10.3 Å². The monoisotopic (exact) mass is 697 g/mol. The van der Waals surface area contributed by atoms with E-state index in [1.165, 1.54) is 0 Å². The third kappa shape index (κ3) is 8.04. The van der Waals surface area contributed by atoms with E-state index in [1.807, 2.05) is 31.2 Å². The molecule has 14 nitrogen and oxygen atoms in total. The number of hydrogen-bond acceptors (Lipinski definition) is 9. The van der Waals surface area contributed by atoms with Crippen molar-refractivity contribution in [2.24, 2.45) is 30.4 Å². The number of benzene rings is 2. The number of aromatic amines is 1. The first-order valence-corrected chi connectivity index (χ1v) is 16.2. The van der Waals surface area contributed by atoms with Crippen molar-refractivity contribution in [3.63, 3.8) is 0 Å². The summed E-state index contributed by atoms with van der Waals surface area (Å²) in [5.74, 6) is -0.0570. The molecule has 1 fully saturated rings. The van der Waals surface area contributed by atoms with Gasteiger partial charge in [-0.05, 0) is 97.3 Å². The zero-order valence-corrected chi connectivity index (χ0v) is 28.6. The third-order valence-electron chi connectivity index (χ3n) is 9.15. The Hall–Kier alpha value is -5.47. The average Bonchev–Trinajstić information content (AvgIpc) is 3.80. The molecule has 2 aromatic carbocycles. The number of nitrogens with two attached hydrogens (primary N) is 2. The van der Waals surface area contributed by atoms with Gasteiger partial charge in [0.05, 0.1) is 0 Å². The number of rotatable bonds is 11. The van der Waals surface area contributed by atoms with Gasteiger partial charge in [0.1, 0.15) is 11.7 Å². The van der Waals surface area contributed by atoms with Crippen molar-refractivity contribution >= 4 is 41.6 Å². The van der Waals surface area contributed by atoms with Gasteiger partial charge in [0, 0.05) is 54.7 Å². The normalized spacial score (nSPS) is 16.2. The maximum absolute atomic E-state index is 14.2. The lowest BCUT2D eigenvalue weighted by molar-refractivity contribution is -0.127. The van der Waals surface area contributed by atoms with Gasteiger partial charge >= 0.3 is 0 Å². The molecule has 3 heterocycles. The van der Waals surface area contributed by atoms with Crippen LogP contribution >= 0.6 is 12.4 Å². The van der Waals surface area contributed by atoms with Crippen LogP contribution in [0, 0.1) is 18.8 Å². The maximum atomic E-state index is 14.2. The molecule has 0 spiro atoms.